The van der Waals surface area contributed by atoms with Crippen LogP contribution in [0.2, 0.25) is 15.1 Å². The Hall–Kier alpha value is -1.47. The van der Waals surface area contributed by atoms with Crippen molar-refractivity contribution in [3.63, 3.8) is 0 Å². The van der Waals surface area contributed by atoms with Crippen molar-refractivity contribution in [3.8, 4) is 0 Å². The van der Waals surface area contributed by atoms with E-state index in [1.807, 2.05) is 42.3 Å². The predicted molar refractivity (Wildman–Crippen MR) is 109 cm³/mol. The first kappa shape index (κ1) is 19.3. The SMILES string of the molecule is CN(CCN1C(=O)NS(=N)C1c1ccc(Cl)c(Cl)c1)c1ccc(Cl)cc1. The van der Waals surface area contributed by atoms with Crippen LogP contribution < -0.4 is 9.62 Å². The number of rotatable bonds is 5. The van der Waals surface area contributed by atoms with E-state index in [1.54, 1.807) is 17.0 Å². The van der Waals surface area contributed by atoms with Gasteiger partial charge in [0, 0.05) is 41.7 Å². The summed E-state index contributed by atoms with van der Waals surface area (Å²) < 4.78 is 10.9. The Kier molecular flexibility index (Phi) is 5.97. The molecule has 2 N–H and O–H groups in total. The summed E-state index contributed by atoms with van der Waals surface area (Å²) >= 11 is 18.0. The van der Waals surface area contributed by atoms with Crippen molar-refractivity contribution < 1.29 is 4.79 Å². The average Bonchev–Trinajstić information content (AvgIpc) is 2.89. The zero-order valence-electron chi connectivity index (χ0n) is 13.9. The maximum absolute atomic E-state index is 12.3. The van der Waals surface area contributed by atoms with E-state index in [4.69, 9.17) is 39.6 Å². The molecule has 0 aromatic heterocycles. The summed E-state index contributed by atoms with van der Waals surface area (Å²) in [5, 5.41) is 1.15. The zero-order chi connectivity index (χ0) is 18.8. The van der Waals surface area contributed by atoms with Crippen LogP contribution in [-0.2, 0) is 10.9 Å². The van der Waals surface area contributed by atoms with Gasteiger partial charge in [-0.25, -0.2) is 4.79 Å². The highest BCUT2D eigenvalue weighted by atomic mass is 35.5. The molecule has 0 saturated carbocycles. The minimum atomic E-state index is -1.06. The van der Waals surface area contributed by atoms with Gasteiger partial charge in [0.05, 0.1) is 10.0 Å². The smallest absolute Gasteiger partial charge is 0.329 e. The molecule has 2 atom stereocenters. The van der Waals surface area contributed by atoms with Crippen LogP contribution >= 0.6 is 34.8 Å². The predicted octanol–water partition coefficient (Wildman–Crippen LogP) is 5.10. The Morgan fingerprint density at radius 3 is 2.50 bits per heavy atom. The summed E-state index contributed by atoms with van der Waals surface area (Å²) in [6.07, 6.45) is 0. The quantitative estimate of drug-likeness (QED) is 0.691. The van der Waals surface area contributed by atoms with Crippen molar-refractivity contribution in [1.82, 2.24) is 9.62 Å². The molecule has 2 aromatic carbocycles. The molecule has 0 spiro atoms. The van der Waals surface area contributed by atoms with Crippen LogP contribution in [-0.4, -0.2) is 31.1 Å². The fourth-order valence-electron chi connectivity index (χ4n) is 2.73. The van der Waals surface area contributed by atoms with Crippen molar-refractivity contribution in [2.45, 2.75) is 5.37 Å². The van der Waals surface area contributed by atoms with E-state index in [0.29, 0.717) is 28.2 Å². The summed E-state index contributed by atoms with van der Waals surface area (Å²) in [7, 11) is 0.890. The number of likely N-dealkylation sites (N-methyl/N-ethyl adjacent to an activating group) is 1. The lowest BCUT2D eigenvalue weighted by Gasteiger charge is -2.27. The third kappa shape index (κ3) is 4.09. The minimum absolute atomic E-state index is 0.246. The molecule has 0 bridgehead atoms. The molecule has 9 heteroatoms. The van der Waals surface area contributed by atoms with E-state index in [2.05, 4.69) is 4.72 Å². The lowest BCUT2D eigenvalue weighted by atomic mass is 10.2. The summed E-state index contributed by atoms with van der Waals surface area (Å²) in [5.41, 5.74) is 1.80. The van der Waals surface area contributed by atoms with E-state index in [9.17, 15) is 4.79 Å². The molecule has 0 radical (unpaired) electrons. The molecular weight excluding hydrogens is 415 g/mol. The van der Waals surface area contributed by atoms with Crippen LogP contribution in [0.1, 0.15) is 10.9 Å². The van der Waals surface area contributed by atoms with Gasteiger partial charge in [-0.2, -0.15) is 0 Å². The van der Waals surface area contributed by atoms with Crippen molar-refractivity contribution in [3.05, 3.63) is 63.1 Å². The highest BCUT2D eigenvalue weighted by Gasteiger charge is 2.36. The number of carbonyl (C=O) groups excluding carboxylic acids is 1. The highest BCUT2D eigenvalue weighted by molar-refractivity contribution is 7.85. The Bertz CT molecular complexity index is 846. The largest absolute Gasteiger partial charge is 0.373 e. The van der Waals surface area contributed by atoms with Gasteiger partial charge in [-0.3, -0.25) is 9.50 Å². The first-order valence-electron chi connectivity index (χ1n) is 7.80. The van der Waals surface area contributed by atoms with E-state index < -0.39 is 16.3 Å². The van der Waals surface area contributed by atoms with E-state index in [0.717, 1.165) is 11.3 Å². The summed E-state index contributed by atoms with van der Waals surface area (Å²) in [6, 6.07) is 12.5. The minimum Gasteiger partial charge on any atom is -0.373 e. The molecule has 2 aromatic rings. The van der Waals surface area contributed by atoms with Gasteiger partial charge in [-0.05, 0) is 42.0 Å². The maximum Gasteiger partial charge on any atom is 0.329 e. The van der Waals surface area contributed by atoms with Gasteiger partial charge in [-0.15, -0.1) is 0 Å². The van der Waals surface area contributed by atoms with Crippen molar-refractivity contribution in [1.29, 1.82) is 4.78 Å². The normalized spacial score (nSPS) is 19.5. The third-order valence-electron chi connectivity index (χ3n) is 4.14. The van der Waals surface area contributed by atoms with Crippen molar-refractivity contribution in [2.24, 2.45) is 0 Å². The molecule has 2 amide bonds. The fraction of sp³-hybridized carbons (Fsp3) is 0.235. The molecule has 1 fully saturated rings. The molecule has 2 unspecified atom stereocenters. The van der Waals surface area contributed by atoms with E-state index in [1.165, 1.54) is 0 Å². The molecule has 26 heavy (non-hydrogen) atoms. The molecule has 3 rings (SSSR count). The van der Waals surface area contributed by atoms with E-state index in [-0.39, 0.29) is 6.03 Å². The number of amides is 2. The summed E-state index contributed by atoms with van der Waals surface area (Å²) in [6.45, 7) is 1.09. The lowest BCUT2D eigenvalue weighted by molar-refractivity contribution is 0.207. The second-order valence-electron chi connectivity index (χ2n) is 5.86. The Morgan fingerprint density at radius 1 is 1.15 bits per heavy atom. The molecule has 0 aliphatic carbocycles. The number of hydrogen-bond donors (Lipinski definition) is 2. The lowest BCUT2D eigenvalue weighted by Crippen LogP contribution is -2.36. The monoisotopic (exact) mass is 430 g/mol. The highest BCUT2D eigenvalue weighted by Crippen LogP contribution is 2.33. The van der Waals surface area contributed by atoms with Gasteiger partial charge < -0.3 is 9.80 Å². The fourth-order valence-corrected chi connectivity index (χ4v) is 4.45. The number of hydrogen-bond acceptors (Lipinski definition) is 3. The van der Waals surface area contributed by atoms with Crippen LogP contribution in [0.15, 0.2) is 42.5 Å². The van der Waals surface area contributed by atoms with Crippen LogP contribution in [0, 0.1) is 4.78 Å². The number of benzene rings is 2. The van der Waals surface area contributed by atoms with E-state index >= 15 is 0 Å². The molecule has 138 valence electrons. The Balaban J connectivity index is 1.75. The van der Waals surface area contributed by atoms with Crippen LogP contribution in [0.25, 0.3) is 0 Å². The Morgan fingerprint density at radius 2 is 1.85 bits per heavy atom. The second-order valence-corrected chi connectivity index (χ2v) is 8.44. The molecule has 1 saturated heterocycles. The molecule has 1 aliphatic rings. The first-order valence-corrected chi connectivity index (χ1v) is 10.2. The Labute approximate surface area is 169 Å². The van der Waals surface area contributed by atoms with Crippen LogP contribution in [0.5, 0.6) is 0 Å². The maximum atomic E-state index is 12.3. The third-order valence-corrected chi connectivity index (χ3v) is 6.50. The summed E-state index contributed by atoms with van der Waals surface area (Å²) in [5.74, 6) is 0. The van der Waals surface area contributed by atoms with Gasteiger partial charge in [0.2, 0.25) is 0 Å². The zero-order valence-corrected chi connectivity index (χ0v) is 17.0. The average molecular weight is 432 g/mol. The number of nitrogens with zero attached hydrogens (tertiary/aromatic N) is 2. The van der Waals surface area contributed by atoms with Gasteiger partial charge in [-0.1, -0.05) is 40.9 Å². The standard InChI is InChI=1S/C17H17Cl3N4OS/c1-23(13-5-3-12(18)4-6-13)8-9-24-16(26(21)22-17(24)25)11-2-7-14(19)15(20)10-11/h2-7,10,16H,8-9H2,1H3,(H2,21,22,25). The number of carbonyl (C=O) groups is 1. The van der Waals surface area contributed by atoms with Gasteiger partial charge in [0.1, 0.15) is 5.37 Å². The first-order chi connectivity index (χ1) is 12.4. The molecular formula is C17H17Cl3N4OS. The number of halogens is 3. The second kappa shape index (κ2) is 8.05. The number of nitrogens with one attached hydrogen (secondary N) is 2. The molecule has 5 nitrogen and oxygen atoms in total. The molecule has 1 aliphatic heterocycles. The van der Waals surface area contributed by atoms with Gasteiger partial charge in [0.15, 0.2) is 0 Å². The van der Waals surface area contributed by atoms with Crippen LogP contribution in [0.4, 0.5) is 10.5 Å². The van der Waals surface area contributed by atoms with Crippen molar-refractivity contribution in [2.75, 3.05) is 25.0 Å². The topological polar surface area (TPSA) is 59.4 Å². The van der Waals surface area contributed by atoms with Crippen molar-refractivity contribution >= 4 is 57.4 Å². The van der Waals surface area contributed by atoms with Gasteiger partial charge >= 0.3 is 6.03 Å². The summed E-state index contributed by atoms with van der Waals surface area (Å²) in [4.78, 5) is 16.0. The molecule has 1 heterocycles. The van der Waals surface area contributed by atoms with Gasteiger partial charge in [0.25, 0.3) is 0 Å². The number of anilines is 1. The number of urea groups is 1. The van der Waals surface area contributed by atoms with Crippen LogP contribution in [0.3, 0.4) is 0 Å².